The van der Waals surface area contributed by atoms with E-state index in [4.69, 9.17) is 5.73 Å². The van der Waals surface area contributed by atoms with E-state index in [9.17, 15) is 0 Å². The summed E-state index contributed by atoms with van der Waals surface area (Å²) in [6.45, 7) is 4.68. The highest BCUT2D eigenvalue weighted by atomic mass is 14.8. The van der Waals surface area contributed by atoms with Gasteiger partial charge in [-0.2, -0.15) is 0 Å². The first kappa shape index (κ1) is 9.51. The number of rotatable bonds is 1. The average molecular weight is 181 g/mol. The van der Waals surface area contributed by atoms with Crippen molar-refractivity contribution in [3.8, 4) is 0 Å². The first-order chi connectivity index (χ1) is 6.14. The van der Waals surface area contributed by atoms with E-state index < -0.39 is 0 Å². The molecule has 0 amide bonds. The van der Waals surface area contributed by atoms with Gasteiger partial charge in [0.15, 0.2) is 0 Å². The number of hydrogen-bond acceptors (Lipinski definition) is 1. The maximum atomic E-state index is 6.13. The van der Waals surface area contributed by atoms with Gasteiger partial charge in [-0.3, -0.25) is 0 Å². The summed E-state index contributed by atoms with van der Waals surface area (Å²) in [5.41, 5.74) is 6.58. The van der Waals surface area contributed by atoms with Gasteiger partial charge in [0.25, 0.3) is 0 Å². The van der Waals surface area contributed by atoms with E-state index in [1.165, 1.54) is 38.5 Å². The molecular weight excluding hydrogens is 158 g/mol. The maximum absolute atomic E-state index is 6.13. The molecule has 2 N–H and O–H groups in total. The van der Waals surface area contributed by atoms with Crippen LogP contribution in [0.15, 0.2) is 0 Å². The van der Waals surface area contributed by atoms with Gasteiger partial charge in [-0.05, 0) is 17.3 Å². The van der Waals surface area contributed by atoms with Crippen LogP contribution >= 0.6 is 0 Å². The second-order valence-corrected chi connectivity index (χ2v) is 5.62. The summed E-state index contributed by atoms with van der Waals surface area (Å²) in [6, 6.07) is 0.496. The van der Waals surface area contributed by atoms with Gasteiger partial charge in [-0.15, -0.1) is 0 Å². The molecule has 0 aromatic heterocycles. The van der Waals surface area contributed by atoms with Crippen LogP contribution in [-0.4, -0.2) is 6.04 Å². The molecule has 0 spiro atoms. The van der Waals surface area contributed by atoms with Gasteiger partial charge >= 0.3 is 0 Å². The van der Waals surface area contributed by atoms with E-state index in [2.05, 4.69) is 13.8 Å². The molecule has 1 nitrogen and oxygen atoms in total. The Hall–Kier alpha value is -0.0400. The van der Waals surface area contributed by atoms with Gasteiger partial charge in [0.1, 0.15) is 0 Å². The molecule has 2 fully saturated rings. The maximum Gasteiger partial charge on any atom is 0.0130 e. The second-order valence-electron chi connectivity index (χ2n) is 5.62. The molecule has 2 rings (SSSR count). The van der Waals surface area contributed by atoms with Crippen molar-refractivity contribution in [1.82, 2.24) is 0 Å². The molecule has 0 bridgehead atoms. The Morgan fingerprint density at radius 1 is 1.00 bits per heavy atom. The van der Waals surface area contributed by atoms with E-state index in [-0.39, 0.29) is 0 Å². The lowest BCUT2D eigenvalue weighted by molar-refractivity contribution is 0.353. The molecular formula is C12H23N. The summed E-state index contributed by atoms with van der Waals surface area (Å²) in [4.78, 5) is 0. The molecule has 2 saturated carbocycles. The molecule has 2 aliphatic rings. The van der Waals surface area contributed by atoms with Crippen LogP contribution in [0.4, 0.5) is 0 Å². The molecule has 0 heterocycles. The van der Waals surface area contributed by atoms with Crippen molar-refractivity contribution in [3.63, 3.8) is 0 Å². The first-order valence-corrected chi connectivity index (χ1v) is 5.89. The predicted octanol–water partition coefficient (Wildman–Crippen LogP) is 2.94. The highest BCUT2D eigenvalue weighted by Gasteiger charge is 2.58. The van der Waals surface area contributed by atoms with Gasteiger partial charge < -0.3 is 5.73 Å². The molecule has 13 heavy (non-hydrogen) atoms. The third kappa shape index (κ3) is 1.63. The van der Waals surface area contributed by atoms with E-state index in [1.807, 2.05) is 0 Å². The van der Waals surface area contributed by atoms with Crippen LogP contribution in [0, 0.1) is 17.3 Å². The lowest BCUT2D eigenvalue weighted by Crippen LogP contribution is -2.10. The van der Waals surface area contributed by atoms with Crippen LogP contribution < -0.4 is 5.73 Å². The quantitative estimate of drug-likeness (QED) is 0.618. The highest BCUT2D eigenvalue weighted by molar-refractivity contribution is 5.11. The van der Waals surface area contributed by atoms with Gasteiger partial charge in [0.2, 0.25) is 0 Å². The Morgan fingerprint density at radius 3 is 1.85 bits per heavy atom. The summed E-state index contributed by atoms with van der Waals surface area (Å²) < 4.78 is 0. The zero-order chi connectivity index (χ0) is 9.47. The van der Waals surface area contributed by atoms with E-state index in [0.717, 1.165) is 11.8 Å². The van der Waals surface area contributed by atoms with Gasteiger partial charge in [0, 0.05) is 6.04 Å². The van der Waals surface area contributed by atoms with Crippen molar-refractivity contribution in [3.05, 3.63) is 0 Å². The largest absolute Gasteiger partial charge is 0.327 e. The van der Waals surface area contributed by atoms with Crippen molar-refractivity contribution in [2.45, 2.75) is 58.4 Å². The molecule has 0 aliphatic heterocycles. The highest BCUT2D eigenvalue weighted by Crippen LogP contribution is 2.57. The smallest absolute Gasteiger partial charge is 0.0130 e. The fourth-order valence-corrected chi connectivity index (χ4v) is 3.29. The number of nitrogens with two attached hydrogens (primary N) is 1. The molecule has 0 aromatic rings. The fraction of sp³-hybridized carbons (Fsp3) is 1.00. The van der Waals surface area contributed by atoms with Crippen molar-refractivity contribution in [2.75, 3.05) is 0 Å². The second kappa shape index (κ2) is 3.27. The Labute approximate surface area is 82.1 Å². The van der Waals surface area contributed by atoms with E-state index >= 15 is 0 Å². The minimum Gasteiger partial charge on any atom is -0.327 e. The molecule has 1 heteroatoms. The summed E-state index contributed by atoms with van der Waals surface area (Å²) in [7, 11) is 0. The van der Waals surface area contributed by atoms with Crippen molar-refractivity contribution < 1.29 is 0 Å². The summed E-state index contributed by atoms with van der Waals surface area (Å²) in [5, 5.41) is 0. The van der Waals surface area contributed by atoms with Gasteiger partial charge in [-0.1, -0.05) is 52.4 Å². The minimum atomic E-state index is 0.453. The third-order valence-corrected chi connectivity index (χ3v) is 4.40. The Balaban J connectivity index is 1.93. The molecule has 76 valence electrons. The van der Waals surface area contributed by atoms with Crippen molar-refractivity contribution >= 4 is 0 Å². The zero-order valence-electron chi connectivity index (χ0n) is 9.05. The van der Waals surface area contributed by atoms with E-state index in [0.29, 0.717) is 11.5 Å². The van der Waals surface area contributed by atoms with Crippen molar-refractivity contribution in [2.24, 2.45) is 23.0 Å². The van der Waals surface area contributed by atoms with E-state index in [1.54, 1.807) is 0 Å². The molecule has 2 aliphatic carbocycles. The molecule has 0 saturated heterocycles. The lowest BCUT2D eigenvalue weighted by atomic mass is 9.90. The van der Waals surface area contributed by atoms with Crippen LogP contribution in [0.5, 0.6) is 0 Å². The molecule has 0 unspecified atom stereocenters. The third-order valence-electron chi connectivity index (χ3n) is 4.40. The zero-order valence-corrected chi connectivity index (χ0v) is 9.05. The lowest BCUT2D eigenvalue weighted by Gasteiger charge is -2.14. The van der Waals surface area contributed by atoms with Crippen molar-refractivity contribution in [1.29, 1.82) is 0 Å². The molecule has 0 radical (unpaired) electrons. The fourth-order valence-electron chi connectivity index (χ4n) is 3.29. The summed E-state index contributed by atoms with van der Waals surface area (Å²) >= 11 is 0. The van der Waals surface area contributed by atoms with Crippen LogP contribution in [-0.2, 0) is 0 Å². The predicted molar refractivity (Wildman–Crippen MR) is 56.4 cm³/mol. The summed E-state index contributed by atoms with van der Waals surface area (Å²) in [5.74, 6) is 1.79. The topological polar surface area (TPSA) is 26.0 Å². The minimum absolute atomic E-state index is 0.453. The Morgan fingerprint density at radius 2 is 1.46 bits per heavy atom. The SMILES string of the molecule is CC1(C)[C@H](N)[C@H]1C1CCCCCC1. The van der Waals surface area contributed by atoms with Crippen LogP contribution in [0.1, 0.15) is 52.4 Å². The monoisotopic (exact) mass is 181 g/mol. The number of hydrogen-bond donors (Lipinski definition) is 1. The average Bonchev–Trinajstić information content (AvgIpc) is 2.67. The molecule has 0 aromatic carbocycles. The normalized spacial score (nSPS) is 39.9. The van der Waals surface area contributed by atoms with Gasteiger partial charge in [-0.25, -0.2) is 0 Å². The molecule has 2 atom stereocenters. The van der Waals surface area contributed by atoms with Crippen LogP contribution in [0.25, 0.3) is 0 Å². The Bertz CT molecular complexity index is 178. The van der Waals surface area contributed by atoms with Crippen LogP contribution in [0.3, 0.4) is 0 Å². The van der Waals surface area contributed by atoms with Gasteiger partial charge in [0.05, 0.1) is 0 Å². The first-order valence-electron chi connectivity index (χ1n) is 5.89. The Kier molecular flexibility index (Phi) is 2.39. The standard InChI is InChI=1S/C12H23N/c1-12(2)10(11(12)13)9-7-5-3-4-6-8-9/h9-11H,3-8,13H2,1-2H3/t10-,11-/m1/s1. The van der Waals surface area contributed by atoms with Crippen LogP contribution in [0.2, 0.25) is 0 Å². The summed E-state index contributed by atoms with van der Waals surface area (Å²) in [6.07, 6.45) is 8.70.